The van der Waals surface area contributed by atoms with E-state index in [4.69, 9.17) is 5.11 Å². The first-order valence-electron chi connectivity index (χ1n) is 5.78. The molecule has 1 nitrogen and oxygen atoms in total. The van der Waals surface area contributed by atoms with Gasteiger partial charge < -0.3 is 5.11 Å². The minimum atomic E-state index is 0.0295. The fourth-order valence-electron chi connectivity index (χ4n) is 1.17. The molecule has 0 heterocycles. The number of allylic oxidation sites excluding steroid dienone is 6. The molecule has 0 aromatic rings. The maximum Gasteiger partial charge on any atom is 0.0916 e. The second kappa shape index (κ2) is 7.98. The highest BCUT2D eigenvalue weighted by Gasteiger charge is 1.97. The van der Waals surface area contributed by atoms with Crippen LogP contribution in [0.4, 0.5) is 0 Å². The molecule has 0 fully saturated rings. The van der Waals surface area contributed by atoms with E-state index in [1.165, 1.54) is 11.1 Å². The van der Waals surface area contributed by atoms with Crippen LogP contribution in [0.3, 0.4) is 0 Å². The third kappa shape index (κ3) is 8.10. The molecule has 0 spiro atoms. The van der Waals surface area contributed by atoms with Gasteiger partial charge in [-0.2, -0.15) is 0 Å². The van der Waals surface area contributed by atoms with E-state index >= 15 is 0 Å². The lowest BCUT2D eigenvalue weighted by Gasteiger charge is -2.01. The molecular weight excluding hydrogens is 196 g/mol. The van der Waals surface area contributed by atoms with Gasteiger partial charge in [-0.05, 0) is 33.6 Å². The van der Waals surface area contributed by atoms with Crippen LogP contribution in [0.5, 0.6) is 0 Å². The predicted molar refractivity (Wildman–Crippen MR) is 72.5 cm³/mol. The number of hydrogen-bond acceptors (Lipinski definition) is 1. The molecule has 1 N–H and O–H groups in total. The van der Waals surface area contributed by atoms with Crippen molar-refractivity contribution in [1.82, 2.24) is 0 Å². The van der Waals surface area contributed by atoms with Gasteiger partial charge in [0.05, 0.1) is 5.76 Å². The lowest BCUT2D eigenvalue weighted by atomic mass is 10.1. The highest BCUT2D eigenvalue weighted by Crippen LogP contribution is 2.09. The standard InChI is InChI=1S/C15H24O/c1-12(2)8-6-9-13(3)10-7-11-14(4)15(5)16/h7-8,10-11,14,16H,5-6,9H2,1-4H3/b11-7+,13-10+. The zero-order valence-electron chi connectivity index (χ0n) is 11.0. The molecule has 1 heteroatoms. The summed E-state index contributed by atoms with van der Waals surface area (Å²) >= 11 is 0. The summed E-state index contributed by atoms with van der Waals surface area (Å²) in [5.74, 6) is 0.244. The molecule has 0 aliphatic rings. The van der Waals surface area contributed by atoms with Gasteiger partial charge in [0.1, 0.15) is 0 Å². The maximum absolute atomic E-state index is 9.11. The van der Waals surface area contributed by atoms with Crippen molar-refractivity contribution in [2.24, 2.45) is 5.92 Å². The summed E-state index contributed by atoms with van der Waals surface area (Å²) in [6, 6.07) is 0. The largest absolute Gasteiger partial charge is 0.512 e. The summed E-state index contributed by atoms with van der Waals surface area (Å²) in [5.41, 5.74) is 2.72. The molecule has 90 valence electrons. The van der Waals surface area contributed by atoms with Gasteiger partial charge in [-0.1, -0.05) is 49.0 Å². The summed E-state index contributed by atoms with van der Waals surface area (Å²) in [6.07, 6.45) is 10.5. The first-order chi connectivity index (χ1) is 7.43. The zero-order valence-corrected chi connectivity index (χ0v) is 11.0. The Morgan fingerprint density at radius 3 is 2.44 bits per heavy atom. The molecule has 0 saturated carbocycles. The molecule has 0 amide bonds. The van der Waals surface area contributed by atoms with Gasteiger partial charge in [0, 0.05) is 5.92 Å². The summed E-state index contributed by atoms with van der Waals surface area (Å²) in [4.78, 5) is 0. The molecule has 0 saturated heterocycles. The number of aliphatic hydroxyl groups is 1. The van der Waals surface area contributed by atoms with E-state index < -0.39 is 0 Å². The van der Waals surface area contributed by atoms with Crippen LogP contribution in [-0.2, 0) is 0 Å². The van der Waals surface area contributed by atoms with Crippen LogP contribution in [-0.4, -0.2) is 5.11 Å². The van der Waals surface area contributed by atoms with Gasteiger partial charge >= 0.3 is 0 Å². The Labute approximate surface area is 99.9 Å². The van der Waals surface area contributed by atoms with Crippen LogP contribution in [0.2, 0.25) is 0 Å². The first kappa shape index (κ1) is 14.8. The van der Waals surface area contributed by atoms with Gasteiger partial charge in [-0.25, -0.2) is 0 Å². The fraction of sp³-hybridized carbons (Fsp3) is 0.467. The van der Waals surface area contributed by atoms with Crippen molar-refractivity contribution in [3.8, 4) is 0 Å². The second-order valence-corrected chi connectivity index (χ2v) is 4.50. The second-order valence-electron chi connectivity index (χ2n) is 4.50. The van der Waals surface area contributed by atoms with Crippen LogP contribution < -0.4 is 0 Å². The third-order valence-electron chi connectivity index (χ3n) is 2.40. The van der Waals surface area contributed by atoms with E-state index in [9.17, 15) is 0 Å². The molecule has 0 radical (unpaired) electrons. The van der Waals surface area contributed by atoms with Crippen molar-refractivity contribution in [2.45, 2.75) is 40.5 Å². The Morgan fingerprint density at radius 2 is 1.94 bits per heavy atom. The molecule has 1 atom stereocenters. The van der Waals surface area contributed by atoms with E-state index in [2.05, 4.69) is 39.5 Å². The monoisotopic (exact) mass is 220 g/mol. The van der Waals surface area contributed by atoms with E-state index in [1.807, 2.05) is 19.1 Å². The molecule has 0 rings (SSSR count). The van der Waals surface area contributed by atoms with Crippen molar-refractivity contribution in [2.75, 3.05) is 0 Å². The van der Waals surface area contributed by atoms with Gasteiger partial charge in [0.2, 0.25) is 0 Å². The highest BCUT2D eigenvalue weighted by atomic mass is 16.3. The topological polar surface area (TPSA) is 20.2 Å². The first-order valence-corrected chi connectivity index (χ1v) is 5.78. The summed E-state index contributed by atoms with van der Waals surface area (Å²) in [6.45, 7) is 11.8. The van der Waals surface area contributed by atoms with Gasteiger partial charge in [-0.15, -0.1) is 0 Å². The van der Waals surface area contributed by atoms with Crippen molar-refractivity contribution >= 4 is 0 Å². The van der Waals surface area contributed by atoms with E-state index in [0.29, 0.717) is 0 Å². The number of hydrogen-bond donors (Lipinski definition) is 1. The smallest absolute Gasteiger partial charge is 0.0916 e. The van der Waals surface area contributed by atoms with Crippen molar-refractivity contribution < 1.29 is 5.11 Å². The summed E-state index contributed by atoms with van der Waals surface area (Å²) in [5, 5.41) is 9.11. The SMILES string of the molecule is C=C(O)C(C)/C=C/C=C(\C)CCC=C(C)C. The summed E-state index contributed by atoms with van der Waals surface area (Å²) < 4.78 is 0. The Morgan fingerprint density at radius 1 is 1.31 bits per heavy atom. The summed E-state index contributed by atoms with van der Waals surface area (Å²) in [7, 11) is 0. The lowest BCUT2D eigenvalue weighted by Crippen LogP contribution is -1.91. The highest BCUT2D eigenvalue weighted by molar-refractivity contribution is 5.14. The molecule has 0 aliphatic carbocycles. The van der Waals surface area contributed by atoms with Gasteiger partial charge in [0.15, 0.2) is 0 Å². The zero-order chi connectivity index (χ0) is 12.6. The molecule has 0 aromatic carbocycles. The van der Waals surface area contributed by atoms with E-state index in [1.54, 1.807) is 0 Å². The number of rotatable bonds is 6. The maximum atomic E-state index is 9.11. The van der Waals surface area contributed by atoms with Crippen LogP contribution >= 0.6 is 0 Å². The minimum absolute atomic E-state index is 0.0295. The van der Waals surface area contributed by atoms with Crippen LogP contribution in [0.25, 0.3) is 0 Å². The van der Waals surface area contributed by atoms with Crippen molar-refractivity contribution in [3.05, 3.63) is 47.8 Å². The fourth-order valence-corrected chi connectivity index (χ4v) is 1.17. The average Bonchev–Trinajstić information content (AvgIpc) is 2.16. The third-order valence-corrected chi connectivity index (χ3v) is 2.40. The molecule has 0 bridgehead atoms. The van der Waals surface area contributed by atoms with Crippen molar-refractivity contribution in [3.63, 3.8) is 0 Å². The van der Waals surface area contributed by atoms with Crippen molar-refractivity contribution in [1.29, 1.82) is 0 Å². The van der Waals surface area contributed by atoms with Crippen LogP contribution in [0.15, 0.2) is 47.8 Å². The Balaban J connectivity index is 4.04. The lowest BCUT2D eigenvalue weighted by molar-refractivity contribution is 0.368. The number of aliphatic hydroxyl groups excluding tert-OH is 1. The van der Waals surface area contributed by atoms with Crippen LogP contribution in [0, 0.1) is 5.92 Å². The molecule has 16 heavy (non-hydrogen) atoms. The Bertz CT molecular complexity index is 301. The molecular formula is C15H24O. The van der Waals surface area contributed by atoms with Gasteiger partial charge in [0.25, 0.3) is 0 Å². The van der Waals surface area contributed by atoms with Gasteiger partial charge in [-0.3, -0.25) is 0 Å². The molecule has 0 aliphatic heterocycles. The predicted octanol–water partition coefficient (Wildman–Crippen LogP) is 4.94. The minimum Gasteiger partial charge on any atom is -0.512 e. The Kier molecular flexibility index (Phi) is 7.36. The van der Waals surface area contributed by atoms with Crippen LogP contribution in [0.1, 0.15) is 40.5 Å². The quantitative estimate of drug-likeness (QED) is 0.382. The average molecular weight is 220 g/mol. The normalized spacial score (nSPS) is 13.9. The van der Waals surface area contributed by atoms with E-state index in [0.717, 1.165) is 12.8 Å². The molecule has 0 aromatic heterocycles. The van der Waals surface area contributed by atoms with E-state index in [-0.39, 0.29) is 11.7 Å². The Hall–Kier alpha value is -1.24. The molecule has 1 unspecified atom stereocenters.